The fraction of sp³-hybridized carbons (Fsp3) is 0.500. The van der Waals surface area contributed by atoms with Gasteiger partial charge in [-0.1, -0.05) is 13.0 Å². The van der Waals surface area contributed by atoms with Gasteiger partial charge in [0, 0.05) is 19.0 Å². The molecule has 0 atom stereocenters. The van der Waals surface area contributed by atoms with E-state index >= 15 is 0 Å². The van der Waals surface area contributed by atoms with E-state index in [1.165, 1.54) is 0 Å². The minimum Gasteiger partial charge on any atom is -0.493 e. The summed E-state index contributed by atoms with van der Waals surface area (Å²) in [6.07, 6.45) is 0.964. The molecule has 1 aromatic heterocycles. The first-order valence-electron chi connectivity index (χ1n) is 9.27. The Labute approximate surface area is 189 Å². The molecule has 0 saturated carbocycles. The molecule has 0 bridgehead atoms. The van der Waals surface area contributed by atoms with Crippen LogP contribution in [0.1, 0.15) is 36.5 Å². The van der Waals surface area contributed by atoms with Gasteiger partial charge in [-0.2, -0.15) is 0 Å². The molecule has 0 amide bonds. The number of guanidine groups is 1. The molecular formula is C20H31IN4O2S. The van der Waals surface area contributed by atoms with Crippen LogP contribution in [0.2, 0.25) is 0 Å². The molecule has 1 N–H and O–H groups in total. The van der Waals surface area contributed by atoms with Gasteiger partial charge in [0.25, 0.3) is 0 Å². The molecule has 8 heteroatoms. The van der Waals surface area contributed by atoms with Crippen molar-refractivity contribution in [3.05, 3.63) is 39.8 Å². The van der Waals surface area contributed by atoms with Crippen molar-refractivity contribution in [2.45, 2.75) is 40.3 Å². The zero-order valence-corrected chi connectivity index (χ0v) is 20.5. The first-order chi connectivity index (χ1) is 13.1. The molecule has 0 spiro atoms. The number of rotatable bonds is 9. The number of aliphatic imine (C=N–C) groups is 1. The van der Waals surface area contributed by atoms with Gasteiger partial charge in [0.1, 0.15) is 0 Å². The number of thiazole rings is 1. The third kappa shape index (κ3) is 7.46. The smallest absolute Gasteiger partial charge is 0.194 e. The molecule has 28 heavy (non-hydrogen) atoms. The highest BCUT2D eigenvalue weighted by molar-refractivity contribution is 14.0. The molecule has 0 fully saturated rings. The van der Waals surface area contributed by atoms with E-state index in [4.69, 9.17) is 14.5 Å². The van der Waals surface area contributed by atoms with Gasteiger partial charge in [0.05, 0.1) is 37.5 Å². The van der Waals surface area contributed by atoms with Crippen LogP contribution in [0.5, 0.6) is 11.5 Å². The number of nitrogens with zero attached hydrogens (tertiary/aromatic N) is 3. The van der Waals surface area contributed by atoms with E-state index in [1.807, 2.05) is 32.2 Å². The second-order valence-electron chi connectivity index (χ2n) is 6.22. The average molecular weight is 518 g/mol. The van der Waals surface area contributed by atoms with Crippen molar-refractivity contribution in [3.8, 4) is 11.5 Å². The van der Waals surface area contributed by atoms with Gasteiger partial charge >= 0.3 is 0 Å². The molecule has 156 valence electrons. The van der Waals surface area contributed by atoms with E-state index in [-0.39, 0.29) is 24.0 Å². The van der Waals surface area contributed by atoms with E-state index in [0.717, 1.165) is 53.2 Å². The SMILES string of the molecule is CCCOc1ccc(CN=C(NCC)N(C)Cc2csc(C)n2)cc1OC.I. The Morgan fingerprint density at radius 1 is 1.29 bits per heavy atom. The lowest BCUT2D eigenvalue weighted by Crippen LogP contribution is -2.38. The van der Waals surface area contributed by atoms with E-state index < -0.39 is 0 Å². The van der Waals surface area contributed by atoms with Crippen LogP contribution in [0.4, 0.5) is 0 Å². The largest absolute Gasteiger partial charge is 0.493 e. The fourth-order valence-electron chi connectivity index (χ4n) is 2.58. The summed E-state index contributed by atoms with van der Waals surface area (Å²) in [4.78, 5) is 11.4. The summed E-state index contributed by atoms with van der Waals surface area (Å²) in [5, 5.41) is 6.52. The van der Waals surface area contributed by atoms with Crippen LogP contribution in [-0.4, -0.2) is 43.2 Å². The minimum atomic E-state index is 0. The second kappa shape index (κ2) is 12.8. The lowest BCUT2D eigenvalue weighted by atomic mass is 10.2. The van der Waals surface area contributed by atoms with Crippen molar-refractivity contribution >= 4 is 41.3 Å². The maximum atomic E-state index is 5.72. The molecule has 0 aliphatic heterocycles. The van der Waals surface area contributed by atoms with Crippen LogP contribution in [0.3, 0.4) is 0 Å². The second-order valence-corrected chi connectivity index (χ2v) is 7.28. The highest BCUT2D eigenvalue weighted by Crippen LogP contribution is 2.28. The van der Waals surface area contributed by atoms with Gasteiger partial charge < -0.3 is 19.7 Å². The third-order valence-electron chi connectivity index (χ3n) is 3.86. The van der Waals surface area contributed by atoms with E-state index in [9.17, 15) is 0 Å². The molecule has 0 aliphatic rings. The van der Waals surface area contributed by atoms with Crippen molar-refractivity contribution in [2.75, 3.05) is 27.3 Å². The van der Waals surface area contributed by atoms with Gasteiger partial charge in [-0.05, 0) is 38.0 Å². The number of ether oxygens (including phenoxy) is 2. The van der Waals surface area contributed by atoms with Crippen molar-refractivity contribution in [1.29, 1.82) is 0 Å². The summed E-state index contributed by atoms with van der Waals surface area (Å²) in [7, 11) is 3.69. The Hall–Kier alpha value is -1.55. The topological polar surface area (TPSA) is 59.0 Å². The number of hydrogen-bond acceptors (Lipinski definition) is 5. The molecule has 0 radical (unpaired) electrons. The van der Waals surface area contributed by atoms with E-state index in [1.54, 1.807) is 18.4 Å². The number of methoxy groups -OCH3 is 1. The summed E-state index contributed by atoms with van der Waals surface area (Å²) < 4.78 is 11.2. The number of aryl methyl sites for hydroxylation is 1. The van der Waals surface area contributed by atoms with Crippen LogP contribution in [0.15, 0.2) is 28.6 Å². The van der Waals surface area contributed by atoms with Crippen LogP contribution >= 0.6 is 35.3 Å². The molecule has 2 rings (SSSR count). The van der Waals surface area contributed by atoms with Crippen molar-refractivity contribution in [2.24, 2.45) is 4.99 Å². The zero-order chi connectivity index (χ0) is 19.6. The van der Waals surface area contributed by atoms with Gasteiger partial charge in [0.15, 0.2) is 17.5 Å². The van der Waals surface area contributed by atoms with Crippen LogP contribution in [0, 0.1) is 6.92 Å². The molecule has 6 nitrogen and oxygen atoms in total. The van der Waals surface area contributed by atoms with Gasteiger partial charge in [-0.25, -0.2) is 9.98 Å². The molecule has 0 unspecified atom stereocenters. The Morgan fingerprint density at radius 3 is 2.68 bits per heavy atom. The van der Waals surface area contributed by atoms with Crippen LogP contribution < -0.4 is 14.8 Å². The zero-order valence-electron chi connectivity index (χ0n) is 17.3. The molecule has 0 aliphatic carbocycles. The maximum absolute atomic E-state index is 5.72. The third-order valence-corrected chi connectivity index (χ3v) is 4.69. The molecule has 1 heterocycles. The number of halogens is 1. The Kier molecular flexibility index (Phi) is 11.2. The van der Waals surface area contributed by atoms with Crippen molar-refractivity contribution < 1.29 is 9.47 Å². The normalized spacial score (nSPS) is 11.0. The Balaban J connectivity index is 0.00000392. The first-order valence-corrected chi connectivity index (χ1v) is 10.2. The summed E-state index contributed by atoms with van der Waals surface area (Å²) >= 11 is 1.67. The highest BCUT2D eigenvalue weighted by atomic mass is 127. The number of aromatic nitrogens is 1. The lowest BCUT2D eigenvalue weighted by molar-refractivity contribution is 0.294. The average Bonchev–Trinajstić information content (AvgIpc) is 3.08. The summed E-state index contributed by atoms with van der Waals surface area (Å²) in [6.45, 7) is 8.96. The predicted octanol–water partition coefficient (Wildman–Crippen LogP) is 4.46. The minimum absolute atomic E-state index is 0. The molecule has 0 saturated heterocycles. The summed E-state index contributed by atoms with van der Waals surface area (Å²) in [5.41, 5.74) is 2.13. The first kappa shape index (κ1) is 24.5. The van der Waals surface area contributed by atoms with Gasteiger partial charge in [0.2, 0.25) is 0 Å². The predicted molar refractivity (Wildman–Crippen MR) is 127 cm³/mol. The van der Waals surface area contributed by atoms with Crippen LogP contribution in [0.25, 0.3) is 0 Å². The fourth-order valence-corrected chi connectivity index (χ4v) is 3.18. The molecule has 1 aromatic carbocycles. The van der Waals surface area contributed by atoms with Gasteiger partial charge in [-0.3, -0.25) is 0 Å². The monoisotopic (exact) mass is 518 g/mol. The molecule has 2 aromatic rings. The maximum Gasteiger partial charge on any atom is 0.194 e. The van der Waals surface area contributed by atoms with E-state index in [2.05, 4.69) is 34.4 Å². The Bertz CT molecular complexity index is 752. The van der Waals surface area contributed by atoms with Gasteiger partial charge in [-0.15, -0.1) is 35.3 Å². The lowest BCUT2D eigenvalue weighted by Gasteiger charge is -2.21. The van der Waals surface area contributed by atoms with Crippen molar-refractivity contribution in [3.63, 3.8) is 0 Å². The Morgan fingerprint density at radius 2 is 2.07 bits per heavy atom. The number of nitrogens with one attached hydrogen (secondary N) is 1. The van der Waals surface area contributed by atoms with E-state index in [0.29, 0.717) is 13.2 Å². The quantitative estimate of drug-likeness (QED) is 0.302. The summed E-state index contributed by atoms with van der Waals surface area (Å²) in [5.74, 6) is 2.37. The standard InChI is InChI=1S/C20H30N4O2S.HI/c1-6-10-26-18-9-8-16(11-19(18)25-5)12-22-20(21-7-2)24(4)13-17-14-27-15(3)23-17;/h8-9,11,14H,6-7,10,12-13H2,1-5H3,(H,21,22);1H. The number of benzene rings is 1. The summed E-state index contributed by atoms with van der Waals surface area (Å²) in [6, 6.07) is 5.97. The van der Waals surface area contributed by atoms with Crippen LogP contribution in [-0.2, 0) is 13.1 Å². The van der Waals surface area contributed by atoms with Crippen molar-refractivity contribution in [1.82, 2.24) is 15.2 Å². The highest BCUT2D eigenvalue weighted by Gasteiger charge is 2.10. The molecular weight excluding hydrogens is 487 g/mol. The number of hydrogen-bond donors (Lipinski definition) is 1.